The van der Waals surface area contributed by atoms with Gasteiger partial charge in [-0.2, -0.15) is 0 Å². The van der Waals surface area contributed by atoms with E-state index in [2.05, 4.69) is 205 Å². The first kappa shape index (κ1) is 32.5. The smallest absolute Gasteiger partial charge is 0.111 e. The lowest BCUT2D eigenvalue weighted by atomic mass is 9.68. The Morgan fingerprint density at radius 1 is 0.373 bits per heavy atom. The van der Waals surface area contributed by atoms with Crippen LogP contribution in [0.4, 0.5) is 0 Å². The SMILES string of the molecule is Cc1nc2ccccc2n1-c1cccc2c(-c3cccc4c3C3(c5ccccc5-c5ccccc53)c3ccccc3-4)c3cccc(-n4c(C)nc5ccccc54)c3cc12. The van der Waals surface area contributed by atoms with E-state index in [1.165, 1.54) is 77.2 Å². The summed E-state index contributed by atoms with van der Waals surface area (Å²) in [5.41, 5.74) is 18.9. The molecule has 2 aliphatic carbocycles. The summed E-state index contributed by atoms with van der Waals surface area (Å²) in [4.78, 5) is 10.1. The van der Waals surface area contributed by atoms with Crippen molar-refractivity contribution in [1.29, 1.82) is 0 Å². The summed E-state index contributed by atoms with van der Waals surface area (Å²) in [6.07, 6.45) is 0. The molecule has 4 nitrogen and oxygen atoms in total. The first-order valence-corrected chi connectivity index (χ1v) is 20.4. The molecule has 59 heavy (non-hydrogen) atoms. The molecule has 0 saturated carbocycles. The lowest BCUT2D eigenvalue weighted by molar-refractivity contribution is 0.796. The quantitative estimate of drug-likeness (QED) is 0.169. The van der Waals surface area contributed by atoms with Gasteiger partial charge in [-0.15, -0.1) is 0 Å². The van der Waals surface area contributed by atoms with Crippen LogP contribution in [0.2, 0.25) is 0 Å². The molecule has 0 N–H and O–H groups in total. The van der Waals surface area contributed by atoms with E-state index in [4.69, 9.17) is 9.97 Å². The number of imidazole rings is 2. The van der Waals surface area contributed by atoms with Gasteiger partial charge in [0.25, 0.3) is 0 Å². The van der Waals surface area contributed by atoms with Crippen molar-refractivity contribution in [3.05, 3.63) is 216 Å². The van der Waals surface area contributed by atoms with E-state index in [0.717, 1.165) is 45.1 Å². The summed E-state index contributed by atoms with van der Waals surface area (Å²) >= 11 is 0. The molecule has 4 heteroatoms. The Labute approximate surface area is 341 Å². The van der Waals surface area contributed by atoms with Gasteiger partial charge >= 0.3 is 0 Å². The summed E-state index contributed by atoms with van der Waals surface area (Å²) < 4.78 is 4.67. The minimum absolute atomic E-state index is 0.506. The van der Waals surface area contributed by atoms with Gasteiger partial charge in [0.15, 0.2) is 0 Å². The summed E-state index contributed by atoms with van der Waals surface area (Å²) in [5.74, 6) is 1.92. The number of aromatic nitrogens is 4. The number of fused-ring (bicyclic) bond motifs is 14. The molecule has 0 bridgehead atoms. The van der Waals surface area contributed by atoms with E-state index in [1.54, 1.807) is 0 Å². The molecule has 2 aliphatic rings. The summed E-state index contributed by atoms with van der Waals surface area (Å²) in [6, 6.07) is 67.3. The Balaban J connectivity index is 1.23. The fourth-order valence-electron chi connectivity index (χ4n) is 11.1. The van der Waals surface area contributed by atoms with Crippen molar-refractivity contribution in [1.82, 2.24) is 19.1 Å². The maximum Gasteiger partial charge on any atom is 0.111 e. The topological polar surface area (TPSA) is 35.6 Å². The van der Waals surface area contributed by atoms with E-state index in [-0.39, 0.29) is 0 Å². The van der Waals surface area contributed by atoms with E-state index < -0.39 is 5.41 Å². The van der Waals surface area contributed by atoms with Gasteiger partial charge in [0, 0.05) is 10.8 Å². The van der Waals surface area contributed by atoms with Crippen molar-refractivity contribution < 1.29 is 0 Å². The molecular weight excluding hydrogens is 717 g/mol. The summed E-state index contributed by atoms with van der Waals surface area (Å²) in [6.45, 7) is 4.24. The Bertz CT molecular complexity index is 3400. The van der Waals surface area contributed by atoms with Crippen molar-refractivity contribution in [3.8, 4) is 44.8 Å². The molecule has 0 saturated heterocycles. The monoisotopic (exact) mass is 752 g/mol. The zero-order valence-corrected chi connectivity index (χ0v) is 32.6. The van der Waals surface area contributed by atoms with Crippen molar-refractivity contribution >= 4 is 43.6 Å². The maximum absolute atomic E-state index is 5.05. The van der Waals surface area contributed by atoms with Gasteiger partial charge in [-0.05, 0) is 123 Å². The third kappa shape index (κ3) is 4.12. The van der Waals surface area contributed by atoms with Crippen LogP contribution in [0, 0.1) is 13.8 Å². The van der Waals surface area contributed by atoms with Crippen LogP contribution in [0.1, 0.15) is 33.9 Å². The zero-order valence-electron chi connectivity index (χ0n) is 32.6. The Kier molecular flexibility index (Phi) is 6.48. The molecule has 0 aliphatic heterocycles. The van der Waals surface area contributed by atoms with Crippen molar-refractivity contribution in [3.63, 3.8) is 0 Å². The van der Waals surface area contributed by atoms with Crippen LogP contribution in [0.25, 0.3) is 88.4 Å². The van der Waals surface area contributed by atoms with Crippen LogP contribution in [0.15, 0.2) is 182 Å². The molecule has 0 radical (unpaired) electrons. The van der Waals surface area contributed by atoms with Crippen LogP contribution >= 0.6 is 0 Å². The molecule has 13 rings (SSSR count). The van der Waals surface area contributed by atoms with Gasteiger partial charge in [0.1, 0.15) is 11.6 Å². The molecule has 0 amide bonds. The minimum Gasteiger partial charge on any atom is -0.296 e. The van der Waals surface area contributed by atoms with Gasteiger partial charge in [-0.25, -0.2) is 9.97 Å². The number of hydrogen-bond donors (Lipinski definition) is 0. The normalized spacial score (nSPS) is 13.4. The number of hydrogen-bond acceptors (Lipinski definition) is 2. The predicted molar refractivity (Wildman–Crippen MR) is 242 cm³/mol. The molecule has 2 aromatic heterocycles. The third-order valence-electron chi connectivity index (χ3n) is 13.2. The maximum atomic E-state index is 5.05. The van der Waals surface area contributed by atoms with Gasteiger partial charge in [0.05, 0.1) is 38.9 Å². The lowest BCUT2D eigenvalue weighted by Gasteiger charge is -2.32. The summed E-state index contributed by atoms with van der Waals surface area (Å²) in [7, 11) is 0. The molecule has 1 spiro atoms. The molecule has 0 unspecified atom stereocenters. The first-order valence-electron chi connectivity index (χ1n) is 20.4. The molecule has 276 valence electrons. The summed E-state index contributed by atoms with van der Waals surface area (Å²) in [5, 5.41) is 4.75. The average Bonchev–Trinajstić information content (AvgIpc) is 3.99. The Morgan fingerprint density at radius 3 is 1.31 bits per heavy atom. The van der Waals surface area contributed by atoms with Gasteiger partial charge in [-0.1, -0.05) is 140 Å². The van der Waals surface area contributed by atoms with E-state index in [1.807, 2.05) is 0 Å². The van der Waals surface area contributed by atoms with Crippen LogP contribution in [-0.2, 0) is 5.41 Å². The molecule has 0 fully saturated rings. The van der Waals surface area contributed by atoms with E-state index in [9.17, 15) is 0 Å². The molecular formula is C55H36N4. The zero-order chi connectivity index (χ0) is 39.0. The second-order valence-corrected chi connectivity index (χ2v) is 16.1. The number of aryl methyl sites for hydroxylation is 2. The highest BCUT2D eigenvalue weighted by Gasteiger charge is 2.52. The lowest BCUT2D eigenvalue weighted by Crippen LogP contribution is -2.26. The fourth-order valence-corrected chi connectivity index (χ4v) is 11.1. The molecule has 9 aromatic carbocycles. The Hall–Kier alpha value is -7.56. The third-order valence-corrected chi connectivity index (χ3v) is 13.2. The van der Waals surface area contributed by atoms with Crippen molar-refractivity contribution in [2.24, 2.45) is 0 Å². The minimum atomic E-state index is -0.506. The number of nitrogens with zero attached hydrogens (tertiary/aromatic N) is 4. The van der Waals surface area contributed by atoms with Gasteiger partial charge in [-0.3, -0.25) is 9.13 Å². The van der Waals surface area contributed by atoms with Gasteiger partial charge < -0.3 is 0 Å². The van der Waals surface area contributed by atoms with Crippen LogP contribution in [0.3, 0.4) is 0 Å². The van der Waals surface area contributed by atoms with Crippen LogP contribution in [0.5, 0.6) is 0 Å². The van der Waals surface area contributed by atoms with E-state index in [0.29, 0.717) is 0 Å². The van der Waals surface area contributed by atoms with Crippen LogP contribution in [-0.4, -0.2) is 19.1 Å². The number of rotatable bonds is 3. The molecule has 0 atom stereocenters. The highest BCUT2D eigenvalue weighted by atomic mass is 15.1. The molecule has 2 heterocycles. The highest BCUT2D eigenvalue weighted by Crippen LogP contribution is 2.65. The second kappa shape index (κ2) is 11.7. The van der Waals surface area contributed by atoms with Crippen molar-refractivity contribution in [2.75, 3.05) is 0 Å². The van der Waals surface area contributed by atoms with Crippen LogP contribution < -0.4 is 0 Å². The second-order valence-electron chi connectivity index (χ2n) is 16.1. The highest BCUT2D eigenvalue weighted by molar-refractivity contribution is 6.18. The van der Waals surface area contributed by atoms with Crippen molar-refractivity contribution in [2.45, 2.75) is 19.3 Å². The van der Waals surface area contributed by atoms with Gasteiger partial charge in [0.2, 0.25) is 0 Å². The number of benzene rings is 9. The standard InChI is InChI=1S/C55H36N4/c1-33-56-47-26-9-11-28-51(47)58(33)49-30-14-19-38-42(49)32-43-39(20-15-31-50(43)59-34(2)57-48-27-10-12-29-52(48)59)53(38)41-22-13-21-40-37-18-5-8-25-46(37)55(54(40)41)44-23-6-3-16-35(44)36-17-4-7-24-45(36)55/h3-32H,1-2H3. The number of para-hydroxylation sites is 4. The predicted octanol–water partition coefficient (Wildman–Crippen LogP) is 13.3. The first-order chi connectivity index (χ1) is 29.1. The largest absolute Gasteiger partial charge is 0.296 e. The fraction of sp³-hybridized carbons (Fsp3) is 0.0545. The van der Waals surface area contributed by atoms with E-state index >= 15 is 0 Å². The Morgan fingerprint density at radius 2 is 0.780 bits per heavy atom. The average molecular weight is 753 g/mol. The molecule has 11 aromatic rings.